The molecule has 10 nitrogen and oxygen atoms in total. The van der Waals surface area contributed by atoms with Crippen LogP contribution in [0.25, 0.3) is 11.3 Å². The number of rotatable bonds is 8. The summed E-state index contributed by atoms with van der Waals surface area (Å²) in [5.74, 6) is 0.629. The Morgan fingerprint density at radius 1 is 0.950 bits per heavy atom. The van der Waals surface area contributed by atoms with E-state index in [-0.39, 0.29) is 11.8 Å². The maximum atomic E-state index is 12.8. The number of carbonyl (C=O) groups excluding carboxylic acids is 2. The van der Waals surface area contributed by atoms with E-state index in [0.717, 1.165) is 37.6 Å². The summed E-state index contributed by atoms with van der Waals surface area (Å²) in [6.45, 7) is 7.01. The van der Waals surface area contributed by atoms with Gasteiger partial charge in [-0.05, 0) is 60.7 Å². The average molecular weight is 555 g/mol. The van der Waals surface area contributed by atoms with Crippen molar-refractivity contribution in [1.29, 1.82) is 0 Å². The standard InChI is InChI=1S/C29H27ClN8O2/c1-2-26(39)34-21-8-6-19(7-9-21)28(40)35-22-4-3-5-23(17-22)36-29-33-18-24(30)27(37-29)20-10-11-32-25(16-20)38-14-12-31-13-15-38/h2-11,16-18,31H,1,12-15H2,(H,34,39)(H,35,40)(H,33,36,37). The smallest absolute Gasteiger partial charge is 0.255 e. The van der Waals surface area contributed by atoms with Crippen molar-refractivity contribution in [2.24, 2.45) is 0 Å². The zero-order valence-electron chi connectivity index (χ0n) is 21.5. The molecule has 3 heterocycles. The molecule has 1 fully saturated rings. The first-order valence-corrected chi connectivity index (χ1v) is 13.0. The molecule has 40 heavy (non-hydrogen) atoms. The number of aromatic nitrogens is 3. The van der Waals surface area contributed by atoms with Gasteiger partial charge in [0, 0.05) is 60.6 Å². The van der Waals surface area contributed by atoms with Crippen molar-refractivity contribution in [2.75, 3.05) is 47.0 Å². The van der Waals surface area contributed by atoms with E-state index in [4.69, 9.17) is 11.6 Å². The Morgan fingerprint density at radius 2 is 1.73 bits per heavy atom. The Morgan fingerprint density at radius 3 is 2.50 bits per heavy atom. The first-order chi connectivity index (χ1) is 19.5. The topological polar surface area (TPSA) is 124 Å². The minimum atomic E-state index is -0.320. The number of nitrogens with zero attached hydrogens (tertiary/aromatic N) is 4. The van der Waals surface area contributed by atoms with Crippen LogP contribution in [0.4, 0.5) is 28.8 Å². The number of anilines is 5. The van der Waals surface area contributed by atoms with Gasteiger partial charge >= 0.3 is 0 Å². The van der Waals surface area contributed by atoms with E-state index in [0.29, 0.717) is 39.3 Å². The lowest BCUT2D eigenvalue weighted by molar-refractivity contribution is -0.111. The summed E-state index contributed by atoms with van der Waals surface area (Å²) < 4.78 is 0. The molecule has 1 saturated heterocycles. The average Bonchev–Trinajstić information content (AvgIpc) is 2.99. The molecule has 11 heteroatoms. The highest BCUT2D eigenvalue weighted by molar-refractivity contribution is 6.32. The molecular weight excluding hydrogens is 528 g/mol. The van der Waals surface area contributed by atoms with E-state index in [2.05, 4.69) is 47.7 Å². The Bertz CT molecular complexity index is 1540. The van der Waals surface area contributed by atoms with E-state index in [1.165, 1.54) is 6.08 Å². The van der Waals surface area contributed by atoms with Gasteiger partial charge in [0.15, 0.2) is 0 Å². The summed E-state index contributed by atoms with van der Waals surface area (Å²) in [6, 6.07) is 17.6. The van der Waals surface area contributed by atoms with Gasteiger partial charge in [-0.25, -0.2) is 15.0 Å². The van der Waals surface area contributed by atoms with Crippen LogP contribution in [0.3, 0.4) is 0 Å². The molecule has 4 N–H and O–H groups in total. The molecule has 0 radical (unpaired) electrons. The molecular formula is C29H27ClN8O2. The van der Waals surface area contributed by atoms with E-state index in [1.54, 1.807) is 48.8 Å². The van der Waals surface area contributed by atoms with Gasteiger partial charge in [0.1, 0.15) is 5.82 Å². The van der Waals surface area contributed by atoms with Gasteiger partial charge in [-0.1, -0.05) is 24.2 Å². The highest BCUT2D eigenvalue weighted by atomic mass is 35.5. The molecule has 0 atom stereocenters. The lowest BCUT2D eigenvalue weighted by Gasteiger charge is -2.28. The van der Waals surface area contributed by atoms with Crippen molar-refractivity contribution in [3.8, 4) is 11.3 Å². The summed E-state index contributed by atoms with van der Waals surface area (Å²) in [4.78, 5) is 40.0. The second-order valence-corrected chi connectivity index (χ2v) is 9.37. The van der Waals surface area contributed by atoms with Gasteiger partial charge in [-0.15, -0.1) is 0 Å². The predicted molar refractivity (Wildman–Crippen MR) is 158 cm³/mol. The Labute approximate surface area is 236 Å². The van der Waals surface area contributed by atoms with Crippen molar-refractivity contribution in [3.63, 3.8) is 0 Å². The summed E-state index contributed by atoms with van der Waals surface area (Å²) in [7, 11) is 0. The fourth-order valence-corrected chi connectivity index (χ4v) is 4.37. The van der Waals surface area contributed by atoms with Crippen molar-refractivity contribution in [1.82, 2.24) is 20.3 Å². The third kappa shape index (κ3) is 6.60. The minimum Gasteiger partial charge on any atom is -0.354 e. The number of hydrogen-bond acceptors (Lipinski definition) is 8. The number of pyridine rings is 1. The Kier molecular flexibility index (Phi) is 8.29. The highest BCUT2D eigenvalue weighted by Crippen LogP contribution is 2.29. The third-order valence-corrected chi connectivity index (χ3v) is 6.46. The van der Waals surface area contributed by atoms with Crippen molar-refractivity contribution >= 4 is 52.2 Å². The second-order valence-electron chi connectivity index (χ2n) is 8.96. The number of hydrogen-bond donors (Lipinski definition) is 4. The van der Waals surface area contributed by atoms with Gasteiger partial charge in [0.2, 0.25) is 11.9 Å². The lowest BCUT2D eigenvalue weighted by atomic mass is 10.1. The second kappa shape index (κ2) is 12.4. The van der Waals surface area contributed by atoms with E-state index >= 15 is 0 Å². The molecule has 0 aliphatic carbocycles. The van der Waals surface area contributed by atoms with E-state index in [1.807, 2.05) is 24.3 Å². The number of halogens is 1. The lowest BCUT2D eigenvalue weighted by Crippen LogP contribution is -2.43. The molecule has 2 amide bonds. The van der Waals surface area contributed by atoms with Crippen LogP contribution < -0.4 is 26.2 Å². The molecule has 2 aromatic heterocycles. The van der Waals surface area contributed by atoms with Gasteiger partial charge in [0.25, 0.3) is 5.91 Å². The molecule has 0 spiro atoms. The molecule has 1 aliphatic heterocycles. The molecule has 1 aliphatic rings. The van der Waals surface area contributed by atoms with Gasteiger partial charge in [0.05, 0.1) is 16.9 Å². The van der Waals surface area contributed by atoms with Crippen LogP contribution in [-0.4, -0.2) is 52.9 Å². The van der Waals surface area contributed by atoms with Crippen LogP contribution in [0.1, 0.15) is 10.4 Å². The molecule has 202 valence electrons. The van der Waals surface area contributed by atoms with Crippen molar-refractivity contribution < 1.29 is 9.59 Å². The quantitative estimate of drug-likeness (QED) is 0.231. The fourth-order valence-electron chi connectivity index (χ4n) is 4.17. The minimum absolute atomic E-state index is 0.290. The monoisotopic (exact) mass is 554 g/mol. The van der Waals surface area contributed by atoms with Crippen LogP contribution in [0, 0.1) is 0 Å². The maximum Gasteiger partial charge on any atom is 0.255 e. The summed E-state index contributed by atoms with van der Waals surface area (Å²) >= 11 is 6.49. The number of piperazine rings is 1. The van der Waals surface area contributed by atoms with Crippen molar-refractivity contribution in [2.45, 2.75) is 0 Å². The van der Waals surface area contributed by atoms with E-state index in [9.17, 15) is 9.59 Å². The number of amides is 2. The van der Waals surface area contributed by atoms with Crippen LogP contribution in [0.5, 0.6) is 0 Å². The molecule has 5 rings (SSSR count). The summed E-state index contributed by atoms with van der Waals surface area (Å²) in [5, 5.41) is 12.5. The van der Waals surface area contributed by atoms with Crippen LogP contribution in [-0.2, 0) is 4.79 Å². The SMILES string of the molecule is C=CC(=O)Nc1ccc(C(=O)Nc2cccc(Nc3ncc(Cl)c(-c4ccnc(N5CCNCC5)c4)n3)c2)cc1. The largest absolute Gasteiger partial charge is 0.354 e. The van der Waals surface area contributed by atoms with Gasteiger partial charge < -0.3 is 26.2 Å². The predicted octanol–water partition coefficient (Wildman–Crippen LogP) is 4.72. The number of carbonyl (C=O) groups is 2. The zero-order valence-corrected chi connectivity index (χ0v) is 22.3. The first-order valence-electron chi connectivity index (χ1n) is 12.6. The normalized spacial score (nSPS) is 12.9. The van der Waals surface area contributed by atoms with Crippen LogP contribution in [0.15, 0.2) is 85.7 Å². The summed E-state index contributed by atoms with van der Waals surface area (Å²) in [5.41, 5.74) is 3.72. The molecule has 2 aromatic carbocycles. The fraction of sp³-hybridized carbons (Fsp3) is 0.138. The maximum absolute atomic E-state index is 12.8. The van der Waals surface area contributed by atoms with Crippen molar-refractivity contribution in [3.05, 3.63) is 96.3 Å². The van der Waals surface area contributed by atoms with E-state index < -0.39 is 0 Å². The molecule has 0 saturated carbocycles. The first kappa shape index (κ1) is 26.8. The Hall–Kier alpha value is -4.80. The van der Waals surface area contributed by atoms with Gasteiger partial charge in [-0.3, -0.25) is 9.59 Å². The van der Waals surface area contributed by atoms with Gasteiger partial charge in [-0.2, -0.15) is 0 Å². The van der Waals surface area contributed by atoms with Crippen LogP contribution >= 0.6 is 11.6 Å². The molecule has 0 unspecified atom stereocenters. The van der Waals surface area contributed by atoms with Crippen LogP contribution in [0.2, 0.25) is 5.02 Å². The number of nitrogens with one attached hydrogen (secondary N) is 4. The molecule has 4 aromatic rings. The summed E-state index contributed by atoms with van der Waals surface area (Å²) in [6.07, 6.45) is 4.50. The zero-order chi connectivity index (χ0) is 27.9. The Balaban J connectivity index is 1.28. The third-order valence-electron chi connectivity index (χ3n) is 6.18. The molecule has 0 bridgehead atoms. The highest BCUT2D eigenvalue weighted by Gasteiger charge is 2.15. The number of benzene rings is 2.